The van der Waals surface area contributed by atoms with E-state index in [4.69, 9.17) is 9.47 Å². The van der Waals surface area contributed by atoms with E-state index in [1.165, 1.54) is 0 Å². The number of urea groups is 1. The van der Waals surface area contributed by atoms with E-state index in [0.29, 0.717) is 6.61 Å². The highest BCUT2D eigenvalue weighted by atomic mass is 16.5. The van der Waals surface area contributed by atoms with Gasteiger partial charge < -0.3 is 19.7 Å². The van der Waals surface area contributed by atoms with Crippen LogP contribution in [0.25, 0.3) is 0 Å². The molecular weight excluding hydrogens is 306 g/mol. The van der Waals surface area contributed by atoms with E-state index in [1.54, 1.807) is 7.11 Å². The van der Waals surface area contributed by atoms with Gasteiger partial charge >= 0.3 is 6.03 Å². The first kappa shape index (κ1) is 17.0. The first-order valence-corrected chi connectivity index (χ1v) is 8.76. The second-order valence-corrected chi connectivity index (χ2v) is 6.35. The maximum Gasteiger partial charge on any atom is 0.317 e. The SMILES string of the molecule is COCCN1CCCN(C(=O)N[C@H]2CCOc3ccccc32)CC1. The summed E-state index contributed by atoms with van der Waals surface area (Å²) in [5, 5.41) is 3.19. The molecule has 1 N–H and O–H groups in total. The second kappa shape index (κ2) is 8.35. The number of nitrogens with one attached hydrogen (secondary N) is 1. The third-order valence-electron chi connectivity index (χ3n) is 4.74. The van der Waals surface area contributed by atoms with Crippen molar-refractivity contribution >= 4 is 6.03 Å². The molecule has 0 unspecified atom stereocenters. The van der Waals surface area contributed by atoms with Gasteiger partial charge in [-0.15, -0.1) is 0 Å². The lowest BCUT2D eigenvalue weighted by atomic mass is 10.0. The summed E-state index contributed by atoms with van der Waals surface area (Å²) in [6.45, 7) is 5.81. The minimum Gasteiger partial charge on any atom is -0.493 e. The van der Waals surface area contributed by atoms with Crippen LogP contribution in [0.15, 0.2) is 24.3 Å². The van der Waals surface area contributed by atoms with Crippen LogP contribution in [0, 0.1) is 0 Å². The van der Waals surface area contributed by atoms with Crippen molar-refractivity contribution in [1.82, 2.24) is 15.1 Å². The van der Waals surface area contributed by atoms with Crippen molar-refractivity contribution in [2.24, 2.45) is 0 Å². The van der Waals surface area contributed by atoms with Gasteiger partial charge in [-0.2, -0.15) is 0 Å². The predicted octanol–water partition coefficient (Wildman–Crippen LogP) is 1.87. The van der Waals surface area contributed by atoms with Crippen LogP contribution in [0.2, 0.25) is 0 Å². The van der Waals surface area contributed by atoms with E-state index in [9.17, 15) is 4.79 Å². The molecule has 0 saturated carbocycles. The lowest BCUT2D eigenvalue weighted by molar-refractivity contribution is 0.149. The van der Waals surface area contributed by atoms with Gasteiger partial charge in [0, 0.05) is 45.3 Å². The maximum absolute atomic E-state index is 12.7. The number of ether oxygens (including phenoxy) is 2. The van der Waals surface area contributed by atoms with E-state index < -0.39 is 0 Å². The quantitative estimate of drug-likeness (QED) is 0.914. The Morgan fingerprint density at radius 1 is 1.29 bits per heavy atom. The van der Waals surface area contributed by atoms with E-state index in [2.05, 4.69) is 10.2 Å². The van der Waals surface area contributed by atoms with Crippen molar-refractivity contribution in [3.05, 3.63) is 29.8 Å². The highest BCUT2D eigenvalue weighted by Gasteiger charge is 2.25. The summed E-state index contributed by atoms with van der Waals surface area (Å²) >= 11 is 0. The number of carbonyl (C=O) groups excluding carboxylic acids is 1. The Balaban J connectivity index is 1.56. The first-order chi connectivity index (χ1) is 11.8. The zero-order chi connectivity index (χ0) is 16.8. The summed E-state index contributed by atoms with van der Waals surface area (Å²) < 4.78 is 10.8. The van der Waals surface area contributed by atoms with E-state index in [0.717, 1.165) is 63.5 Å². The highest BCUT2D eigenvalue weighted by molar-refractivity contribution is 5.75. The molecule has 3 rings (SSSR count). The second-order valence-electron chi connectivity index (χ2n) is 6.35. The van der Waals surface area contributed by atoms with Crippen LogP contribution in [0.5, 0.6) is 5.75 Å². The molecular formula is C18H27N3O3. The Labute approximate surface area is 143 Å². The molecule has 1 saturated heterocycles. The van der Waals surface area contributed by atoms with Crippen LogP contribution < -0.4 is 10.1 Å². The fraction of sp³-hybridized carbons (Fsp3) is 0.611. The van der Waals surface area contributed by atoms with Crippen LogP contribution in [0.3, 0.4) is 0 Å². The zero-order valence-electron chi connectivity index (χ0n) is 14.4. The number of para-hydroxylation sites is 1. The first-order valence-electron chi connectivity index (χ1n) is 8.76. The van der Waals surface area contributed by atoms with Gasteiger partial charge in [0.1, 0.15) is 5.75 Å². The molecule has 6 nitrogen and oxygen atoms in total. The van der Waals surface area contributed by atoms with Crippen LogP contribution in [0.1, 0.15) is 24.4 Å². The van der Waals surface area contributed by atoms with Crippen LogP contribution in [-0.4, -0.2) is 68.9 Å². The number of benzene rings is 1. The summed E-state index contributed by atoms with van der Waals surface area (Å²) in [6.07, 6.45) is 1.82. The number of carbonyl (C=O) groups is 1. The fourth-order valence-electron chi connectivity index (χ4n) is 3.35. The Hall–Kier alpha value is -1.79. The largest absolute Gasteiger partial charge is 0.493 e. The van der Waals surface area contributed by atoms with Crippen LogP contribution >= 0.6 is 0 Å². The number of nitrogens with zero attached hydrogens (tertiary/aromatic N) is 2. The molecule has 0 aliphatic carbocycles. The molecule has 132 valence electrons. The summed E-state index contributed by atoms with van der Waals surface area (Å²) in [7, 11) is 1.73. The Morgan fingerprint density at radius 3 is 3.04 bits per heavy atom. The van der Waals surface area contributed by atoms with E-state index >= 15 is 0 Å². The predicted molar refractivity (Wildman–Crippen MR) is 92.3 cm³/mol. The molecule has 0 bridgehead atoms. The monoisotopic (exact) mass is 333 g/mol. The topological polar surface area (TPSA) is 54.0 Å². The van der Waals surface area contributed by atoms with Gasteiger partial charge in [-0.05, 0) is 19.0 Å². The average Bonchev–Trinajstić information content (AvgIpc) is 2.86. The summed E-state index contributed by atoms with van der Waals surface area (Å²) in [5.74, 6) is 0.885. The molecule has 24 heavy (non-hydrogen) atoms. The molecule has 2 heterocycles. The number of hydrogen-bond acceptors (Lipinski definition) is 4. The van der Waals surface area contributed by atoms with Crippen LogP contribution in [-0.2, 0) is 4.74 Å². The third-order valence-corrected chi connectivity index (χ3v) is 4.74. The molecule has 1 aromatic carbocycles. The highest BCUT2D eigenvalue weighted by Crippen LogP contribution is 2.31. The lowest BCUT2D eigenvalue weighted by Gasteiger charge is -2.29. The number of methoxy groups -OCH3 is 1. The molecule has 0 radical (unpaired) electrons. The Kier molecular flexibility index (Phi) is 5.93. The molecule has 1 fully saturated rings. The van der Waals surface area contributed by atoms with Gasteiger partial charge in [0.15, 0.2) is 0 Å². The average molecular weight is 333 g/mol. The number of fused-ring (bicyclic) bond motifs is 1. The number of amides is 2. The molecule has 0 aromatic heterocycles. The fourth-order valence-corrected chi connectivity index (χ4v) is 3.35. The zero-order valence-corrected chi connectivity index (χ0v) is 14.4. The molecule has 2 aliphatic heterocycles. The smallest absolute Gasteiger partial charge is 0.317 e. The lowest BCUT2D eigenvalue weighted by Crippen LogP contribution is -2.44. The van der Waals surface area contributed by atoms with Gasteiger partial charge in [0.25, 0.3) is 0 Å². The van der Waals surface area contributed by atoms with E-state index in [-0.39, 0.29) is 12.1 Å². The summed E-state index contributed by atoms with van der Waals surface area (Å²) in [4.78, 5) is 17.0. The van der Waals surface area contributed by atoms with Gasteiger partial charge in [-0.1, -0.05) is 18.2 Å². The van der Waals surface area contributed by atoms with Crippen molar-refractivity contribution in [3.63, 3.8) is 0 Å². The third kappa shape index (κ3) is 4.19. The molecule has 2 aliphatic rings. The van der Waals surface area contributed by atoms with Gasteiger partial charge in [0.05, 0.1) is 19.3 Å². The molecule has 1 atom stereocenters. The Morgan fingerprint density at radius 2 is 2.17 bits per heavy atom. The van der Waals surface area contributed by atoms with Gasteiger partial charge in [-0.3, -0.25) is 4.90 Å². The normalized spacial score (nSPS) is 21.5. The van der Waals surface area contributed by atoms with Crippen LogP contribution in [0.4, 0.5) is 4.79 Å². The van der Waals surface area contributed by atoms with Crippen molar-refractivity contribution < 1.29 is 14.3 Å². The summed E-state index contributed by atoms with van der Waals surface area (Å²) in [6, 6.07) is 8.03. The Bertz CT molecular complexity index is 552. The minimum absolute atomic E-state index is 0.0327. The number of rotatable bonds is 4. The van der Waals surface area contributed by atoms with Crippen molar-refractivity contribution in [2.45, 2.75) is 18.9 Å². The molecule has 1 aromatic rings. The molecule has 6 heteroatoms. The van der Waals surface area contributed by atoms with Crippen molar-refractivity contribution in [3.8, 4) is 5.75 Å². The standard InChI is InChI=1S/C18H27N3O3/c1-23-14-12-20-8-4-9-21(11-10-20)18(22)19-16-7-13-24-17-6-3-2-5-15(16)17/h2-3,5-6,16H,4,7-14H2,1H3,(H,19,22)/t16-/m0/s1. The molecule has 2 amide bonds. The maximum atomic E-state index is 12.7. The van der Waals surface area contributed by atoms with Crippen molar-refractivity contribution in [1.29, 1.82) is 0 Å². The van der Waals surface area contributed by atoms with E-state index in [1.807, 2.05) is 29.2 Å². The van der Waals surface area contributed by atoms with Crippen molar-refractivity contribution in [2.75, 3.05) is 53.0 Å². The van der Waals surface area contributed by atoms with Gasteiger partial charge in [-0.25, -0.2) is 4.79 Å². The minimum atomic E-state index is 0.0327. The molecule has 0 spiro atoms. The summed E-state index contributed by atoms with van der Waals surface area (Å²) in [5.41, 5.74) is 1.08. The van der Waals surface area contributed by atoms with Gasteiger partial charge in [0.2, 0.25) is 0 Å². The number of hydrogen-bond donors (Lipinski definition) is 1.